The summed E-state index contributed by atoms with van der Waals surface area (Å²) < 4.78 is 2.54. The van der Waals surface area contributed by atoms with Crippen LogP contribution in [0.25, 0.3) is 72.0 Å². The lowest BCUT2D eigenvalue weighted by atomic mass is 9.82. The van der Waals surface area contributed by atoms with Crippen LogP contribution in [0.3, 0.4) is 0 Å². The van der Waals surface area contributed by atoms with Crippen LogP contribution < -0.4 is 0 Å². The van der Waals surface area contributed by atoms with Gasteiger partial charge >= 0.3 is 0 Å². The standard InChI is InChI=1S/C62H59N/c1-2-6-19-43(18-5-1)46-25-16-28-49(35-46)55-37-51(48-27-15-24-45(34-48)42-20-7-3-8-21-42)38-57-58-40-52(63-61-32-13-11-30-53(61)54-31-12-14-33-62(54)63)39-56(60(58)41-59(55)57)50-29-17-26-47(36-50)44-22-9-4-10-23-44/h5,11-18,24-40,42-44H,1-4,6-10,19-23,41H2. The maximum atomic E-state index is 2.57. The maximum Gasteiger partial charge on any atom is 0.0541 e. The van der Waals surface area contributed by atoms with Crippen molar-refractivity contribution in [1.29, 1.82) is 0 Å². The molecule has 4 aliphatic rings. The molecule has 0 amide bonds. The first-order valence-electron chi connectivity index (χ1n) is 24.5. The number of nitrogens with zero attached hydrogens (tertiary/aromatic N) is 1. The summed E-state index contributed by atoms with van der Waals surface area (Å²) in [7, 11) is 0. The first-order chi connectivity index (χ1) is 31.2. The molecule has 1 aromatic heterocycles. The summed E-state index contributed by atoms with van der Waals surface area (Å²) in [5.41, 5.74) is 22.1. The van der Waals surface area contributed by atoms with Gasteiger partial charge in [-0.05, 0) is 172 Å². The molecule has 12 rings (SSSR count). The molecule has 0 bridgehead atoms. The molecule has 0 radical (unpaired) electrons. The summed E-state index contributed by atoms with van der Waals surface area (Å²) in [6.45, 7) is 0. The third-order valence-corrected chi connectivity index (χ3v) is 15.7. The molecule has 1 atom stereocenters. The minimum absolute atomic E-state index is 0.477. The van der Waals surface area contributed by atoms with E-state index in [1.807, 2.05) is 0 Å². The molecule has 7 aromatic carbocycles. The van der Waals surface area contributed by atoms with E-state index in [-0.39, 0.29) is 0 Å². The topological polar surface area (TPSA) is 4.93 Å². The van der Waals surface area contributed by atoms with E-state index >= 15 is 0 Å². The quantitative estimate of drug-likeness (QED) is 0.141. The monoisotopic (exact) mass is 817 g/mol. The van der Waals surface area contributed by atoms with Crippen LogP contribution in [-0.2, 0) is 6.42 Å². The third-order valence-electron chi connectivity index (χ3n) is 15.7. The van der Waals surface area contributed by atoms with Crippen molar-refractivity contribution in [1.82, 2.24) is 4.57 Å². The number of fused-ring (bicyclic) bond motifs is 6. The van der Waals surface area contributed by atoms with Gasteiger partial charge in [0.25, 0.3) is 0 Å². The normalized spacial score (nSPS) is 18.1. The summed E-state index contributed by atoms with van der Waals surface area (Å²) in [6.07, 6.45) is 24.2. The lowest BCUT2D eigenvalue weighted by molar-refractivity contribution is 0.444. The molecule has 0 aliphatic heterocycles. The van der Waals surface area contributed by atoms with Crippen molar-refractivity contribution in [2.45, 2.75) is 114 Å². The maximum absolute atomic E-state index is 2.57. The van der Waals surface area contributed by atoms with Crippen LogP contribution in [0, 0.1) is 0 Å². The Hall–Kier alpha value is -5.92. The predicted octanol–water partition coefficient (Wildman–Crippen LogP) is 17.7. The van der Waals surface area contributed by atoms with Gasteiger partial charge in [-0.15, -0.1) is 0 Å². The minimum Gasteiger partial charge on any atom is -0.309 e. The average Bonchev–Trinajstić information content (AvgIpc) is 3.76. The van der Waals surface area contributed by atoms with Gasteiger partial charge in [-0.1, -0.05) is 166 Å². The Morgan fingerprint density at radius 2 is 0.889 bits per heavy atom. The first-order valence-corrected chi connectivity index (χ1v) is 24.5. The molecule has 8 aromatic rings. The summed E-state index contributed by atoms with van der Waals surface area (Å²) in [5, 5.41) is 2.61. The van der Waals surface area contributed by atoms with Crippen LogP contribution in [0.2, 0.25) is 0 Å². The van der Waals surface area contributed by atoms with Crippen molar-refractivity contribution in [2.24, 2.45) is 0 Å². The van der Waals surface area contributed by atoms with Crippen LogP contribution >= 0.6 is 0 Å². The van der Waals surface area contributed by atoms with Gasteiger partial charge in [-0.25, -0.2) is 0 Å². The average molecular weight is 818 g/mol. The Balaban J connectivity index is 1.09. The summed E-state index contributed by atoms with van der Waals surface area (Å²) >= 11 is 0. The van der Waals surface area contributed by atoms with Gasteiger partial charge in [-0.2, -0.15) is 0 Å². The van der Waals surface area contributed by atoms with Gasteiger partial charge in [0.15, 0.2) is 0 Å². The smallest absolute Gasteiger partial charge is 0.0541 e. The van der Waals surface area contributed by atoms with Crippen LogP contribution in [-0.4, -0.2) is 4.57 Å². The Bertz CT molecular complexity index is 2960. The van der Waals surface area contributed by atoms with E-state index in [2.05, 4.69) is 162 Å². The lowest BCUT2D eigenvalue weighted by Crippen LogP contribution is -2.04. The number of benzene rings is 7. The molecule has 1 nitrogen and oxygen atoms in total. The minimum atomic E-state index is 0.477. The van der Waals surface area contributed by atoms with Crippen LogP contribution in [0.5, 0.6) is 0 Å². The molecule has 63 heavy (non-hydrogen) atoms. The molecule has 0 saturated heterocycles. The fourth-order valence-electron chi connectivity index (χ4n) is 12.4. The Morgan fingerprint density at radius 1 is 0.381 bits per heavy atom. The molecule has 1 unspecified atom stereocenters. The van der Waals surface area contributed by atoms with E-state index in [9.17, 15) is 0 Å². The van der Waals surface area contributed by atoms with Crippen LogP contribution in [0.1, 0.15) is 135 Å². The molecule has 4 aliphatic carbocycles. The number of hydrogen-bond donors (Lipinski definition) is 0. The molecule has 2 saturated carbocycles. The second kappa shape index (κ2) is 16.7. The highest BCUT2D eigenvalue weighted by Crippen LogP contribution is 2.50. The molecular formula is C62H59N. The van der Waals surface area contributed by atoms with Gasteiger partial charge in [0.1, 0.15) is 0 Å². The number of para-hydroxylation sites is 2. The van der Waals surface area contributed by atoms with Crippen molar-refractivity contribution in [3.8, 4) is 50.2 Å². The zero-order valence-electron chi connectivity index (χ0n) is 36.8. The number of hydrogen-bond acceptors (Lipinski definition) is 0. The second-order valence-electron chi connectivity index (χ2n) is 19.5. The van der Waals surface area contributed by atoms with E-state index in [1.165, 1.54) is 190 Å². The van der Waals surface area contributed by atoms with Gasteiger partial charge in [0.2, 0.25) is 0 Å². The predicted molar refractivity (Wildman–Crippen MR) is 267 cm³/mol. The number of allylic oxidation sites excluding steroid dienone is 2. The molecular weight excluding hydrogens is 759 g/mol. The fraction of sp³-hybridized carbons (Fsp3) is 0.290. The van der Waals surface area contributed by atoms with E-state index in [0.29, 0.717) is 17.8 Å². The van der Waals surface area contributed by atoms with Crippen LogP contribution in [0.4, 0.5) is 0 Å². The third kappa shape index (κ3) is 7.19. The highest BCUT2D eigenvalue weighted by Gasteiger charge is 2.29. The van der Waals surface area contributed by atoms with Crippen molar-refractivity contribution in [2.75, 3.05) is 0 Å². The Kier molecular flexibility index (Phi) is 10.2. The van der Waals surface area contributed by atoms with Gasteiger partial charge in [0.05, 0.1) is 11.0 Å². The van der Waals surface area contributed by atoms with E-state index in [4.69, 9.17) is 0 Å². The molecule has 1 heteroatoms. The summed E-state index contributed by atoms with van der Waals surface area (Å²) in [4.78, 5) is 0. The Labute approximate surface area is 374 Å². The number of aromatic nitrogens is 1. The van der Waals surface area contributed by atoms with E-state index in [0.717, 1.165) is 6.42 Å². The van der Waals surface area contributed by atoms with E-state index in [1.54, 1.807) is 0 Å². The van der Waals surface area contributed by atoms with Crippen molar-refractivity contribution in [3.63, 3.8) is 0 Å². The fourth-order valence-corrected chi connectivity index (χ4v) is 12.4. The largest absolute Gasteiger partial charge is 0.309 e. The second-order valence-corrected chi connectivity index (χ2v) is 19.5. The zero-order valence-corrected chi connectivity index (χ0v) is 36.8. The SMILES string of the molecule is C1=CC(c2cccc(-c3cc(-c4cccc(C5CCCCC5)c4)cc4c3Cc3c(-c5cccc(C6CCCCC6)c5)cc(-n5c6ccccc6c6ccccc65)cc3-4)c2)CCCC1. The van der Waals surface area contributed by atoms with Gasteiger partial charge < -0.3 is 4.57 Å². The molecule has 1 heterocycles. The summed E-state index contributed by atoms with van der Waals surface area (Å²) in [6, 6.07) is 57.2. The van der Waals surface area contributed by atoms with Crippen molar-refractivity contribution >= 4 is 21.8 Å². The highest BCUT2D eigenvalue weighted by atomic mass is 15.0. The number of rotatable bonds is 7. The van der Waals surface area contributed by atoms with Crippen molar-refractivity contribution < 1.29 is 0 Å². The Morgan fingerprint density at radius 3 is 1.56 bits per heavy atom. The zero-order chi connectivity index (χ0) is 41.7. The first kappa shape index (κ1) is 38.7. The highest BCUT2D eigenvalue weighted by molar-refractivity contribution is 6.09. The van der Waals surface area contributed by atoms with Gasteiger partial charge in [-0.3, -0.25) is 0 Å². The molecule has 0 spiro atoms. The summed E-state index contributed by atoms with van der Waals surface area (Å²) in [5.74, 6) is 1.79. The van der Waals surface area contributed by atoms with Gasteiger partial charge in [0, 0.05) is 22.4 Å². The molecule has 2 fully saturated rings. The molecule has 312 valence electrons. The lowest BCUT2D eigenvalue weighted by Gasteiger charge is -2.23. The van der Waals surface area contributed by atoms with Crippen LogP contribution in [0.15, 0.2) is 158 Å². The van der Waals surface area contributed by atoms with Crippen molar-refractivity contribution in [3.05, 3.63) is 186 Å². The van der Waals surface area contributed by atoms with E-state index < -0.39 is 0 Å². The molecule has 0 N–H and O–H groups in total.